The van der Waals surface area contributed by atoms with E-state index in [0.717, 1.165) is 25.1 Å². The van der Waals surface area contributed by atoms with E-state index in [4.69, 9.17) is 0 Å². The van der Waals surface area contributed by atoms with E-state index < -0.39 is 0 Å². The fourth-order valence-corrected chi connectivity index (χ4v) is 2.56. The first-order valence-corrected chi connectivity index (χ1v) is 8.23. The van der Waals surface area contributed by atoms with Crippen LogP contribution >= 0.6 is 0 Å². The zero-order valence-electron chi connectivity index (χ0n) is 13.6. The summed E-state index contributed by atoms with van der Waals surface area (Å²) in [5.74, 6) is 0.756. The SMILES string of the molecule is CCCN(CC1CC1)C(=O)CCNC(=O)c1ccccc1C. The second-order valence-electron chi connectivity index (χ2n) is 6.10. The Balaban J connectivity index is 1.77. The molecule has 1 aromatic carbocycles. The van der Waals surface area contributed by atoms with Crippen molar-refractivity contribution in [2.75, 3.05) is 19.6 Å². The van der Waals surface area contributed by atoms with Crippen molar-refractivity contribution in [2.24, 2.45) is 5.92 Å². The molecule has 120 valence electrons. The van der Waals surface area contributed by atoms with Crippen molar-refractivity contribution < 1.29 is 9.59 Å². The Morgan fingerprint density at radius 1 is 1.27 bits per heavy atom. The third-order valence-electron chi connectivity index (χ3n) is 4.04. The number of nitrogens with one attached hydrogen (secondary N) is 1. The Kier molecular flexibility index (Phi) is 5.99. The van der Waals surface area contributed by atoms with E-state index in [9.17, 15) is 9.59 Å². The van der Waals surface area contributed by atoms with Crippen LogP contribution in [-0.4, -0.2) is 36.3 Å². The highest BCUT2D eigenvalue weighted by Gasteiger charge is 2.26. The van der Waals surface area contributed by atoms with Gasteiger partial charge in [-0.25, -0.2) is 0 Å². The number of hydrogen-bond donors (Lipinski definition) is 1. The zero-order valence-corrected chi connectivity index (χ0v) is 13.6. The molecule has 1 saturated carbocycles. The first-order chi connectivity index (χ1) is 10.6. The molecule has 1 aromatic rings. The lowest BCUT2D eigenvalue weighted by Crippen LogP contribution is -2.36. The molecule has 0 radical (unpaired) electrons. The largest absolute Gasteiger partial charge is 0.352 e. The lowest BCUT2D eigenvalue weighted by atomic mass is 10.1. The quantitative estimate of drug-likeness (QED) is 0.803. The molecule has 2 amide bonds. The van der Waals surface area contributed by atoms with Gasteiger partial charge in [0.25, 0.3) is 5.91 Å². The third kappa shape index (κ3) is 4.86. The Bertz CT molecular complexity index is 524. The maximum absolute atomic E-state index is 12.3. The van der Waals surface area contributed by atoms with Crippen LogP contribution < -0.4 is 5.32 Å². The van der Waals surface area contributed by atoms with Gasteiger partial charge in [0.05, 0.1) is 0 Å². The summed E-state index contributed by atoms with van der Waals surface area (Å²) in [5.41, 5.74) is 1.63. The minimum absolute atomic E-state index is 0.102. The molecule has 0 atom stereocenters. The number of rotatable bonds is 8. The van der Waals surface area contributed by atoms with Crippen LogP contribution in [0.5, 0.6) is 0 Å². The van der Waals surface area contributed by atoms with Crippen LogP contribution in [0.3, 0.4) is 0 Å². The first kappa shape index (κ1) is 16.5. The topological polar surface area (TPSA) is 49.4 Å². The summed E-state index contributed by atoms with van der Waals surface area (Å²) in [6, 6.07) is 7.49. The number of hydrogen-bond acceptors (Lipinski definition) is 2. The average molecular weight is 302 g/mol. The van der Waals surface area contributed by atoms with Crippen molar-refractivity contribution in [1.29, 1.82) is 0 Å². The van der Waals surface area contributed by atoms with Gasteiger partial charge in [0.15, 0.2) is 0 Å². The molecule has 0 unspecified atom stereocenters. The van der Waals surface area contributed by atoms with Crippen molar-refractivity contribution in [3.05, 3.63) is 35.4 Å². The van der Waals surface area contributed by atoms with E-state index in [0.29, 0.717) is 24.4 Å². The molecule has 22 heavy (non-hydrogen) atoms. The zero-order chi connectivity index (χ0) is 15.9. The van der Waals surface area contributed by atoms with E-state index in [1.807, 2.05) is 36.1 Å². The highest BCUT2D eigenvalue weighted by Crippen LogP contribution is 2.29. The standard InChI is InChI=1S/C18H26N2O2/c1-3-12-20(13-15-8-9-15)17(21)10-11-19-18(22)16-7-5-4-6-14(16)2/h4-7,15H,3,8-13H2,1-2H3,(H,19,22). The molecular formula is C18H26N2O2. The molecule has 0 aliphatic heterocycles. The van der Waals surface area contributed by atoms with Gasteiger partial charge in [0.2, 0.25) is 5.91 Å². The molecule has 1 aliphatic carbocycles. The van der Waals surface area contributed by atoms with Gasteiger partial charge in [0, 0.05) is 31.6 Å². The lowest BCUT2D eigenvalue weighted by molar-refractivity contribution is -0.131. The molecule has 2 rings (SSSR count). The number of aryl methyl sites for hydroxylation is 1. The molecule has 4 heteroatoms. The fourth-order valence-electron chi connectivity index (χ4n) is 2.56. The van der Waals surface area contributed by atoms with Gasteiger partial charge in [-0.15, -0.1) is 0 Å². The molecule has 1 fully saturated rings. The molecule has 0 heterocycles. The number of carbonyl (C=O) groups is 2. The van der Waals surface area contributed by atoms with Crippen LogP contribution in [0.1, 0.15) is 48.5 Å². The Hall–Kier alpha value is -1.84. The second kappa shape index (κ2) is 7.97. The monoisotopic (exact) mass is 302 g/mol. The molecule has 0 aromatic heterocycles. The minimum Gasteiger partial charge on any atom is -0.352 e. The van der Waals surface area contributed by atoms with Crippen molar-refractivity contribution in [2.45, 2.75) is 39.5 Å². The molecule has 0 bridgehead atoms. The smallest absolute Gasteiger partial charge is 0.251 e. The van der Waals surface area contributed by atoms with Crippen molar-refractivity contribution >= 4 is 11.8 Å². The van der Waals surface area contributed by atoms with E-state index in [2.05, 4.69) is 12.2 Å². The van der Waals surface area contributed by atoms with Gasteiger partial charge in [-0.3, -0.25) is 9.59 Å². The average Bonchev–Trinajstić information content (AvgIpc) is 3.31. The molecule has 4 nitrogen and oxygen atoms in total. The Morgan fingerprint density at radius 2 is 2.00 bits per heavy atom. The summed E-state index contributed by atoms with van der Waals surface area (Å²) in [6.45, 7) is 6.11. The van der Waals surface area contributed by atoms with E-state index in [1.165, 1.54) is 12.8 Å². The number of nitrogens with zero attached hydrogens (tertiary/aromatic N) is 1. The van der Waals surface area contributed by atoms with Gasteiger partial charge in [-0.1, -0.05) is 25.1 Å². The van der Waals surface area contributed by atoms with Gasteiger partial charge in [-0.05, 0) is 43.7 Å². The van der Waals surface area contributed by atoms with Crippen molar-refractivity contribution in [3.8, 4) is 0 Å². The van der Waals surface area contributed by atoms with Gasteiger partial charge in [0.1, 0.15) is 0 Å². The maximum atomic E-state index is 12.3. The predicted octanol–water partition coefficient (Wildman–Crippen LogP) is 2.76. The van der Waals surface area contributed by atoms with Crippen molar-refractivity contribution in [3.63, 3.8) is 0 Å². The predicted molar refractivity (Wildman–Crippen MR) is 87.7 cm³/mol. The van der Waals surface area contributed by atoms with E-state index in [1.54, 1.807) is 0 Å². The maximum Gasteiger partial charge on any atom is 0.251 e. The highest BCUT2D eigenvalue weighted by molar-refractivity contribution is 5.95. The van der Waals surface area contributed by atoms with Gasteiger partial charge in [-0.2, -0.15) is 0 Å². The van der Waals surface area contributed by atoms with Gasteiger partial charge < -0.3 is 10.2 Å². The minimum atomic E-state index is -0.102. The molecule has 0 saturated heterocycles. The van der Waals surface area contributed by atoms with Crippen LogP contribution in [0.15, 0.2) is 24.3 Å². The van der Waals surface area contributed by atoms with E-state index >= 15 is 0 Å². The fraction of sp³-hybridized carbons (Fsp3) is 0.556. The Morgan fingerprint density at radius 3 is 2.64 bits per heavy atom. The lowest BCUT2D eigenvalue weighted by Gasteiger charge is -2.22. The molecule has 1 N–H and O–H groups in total. The highest BCUT2D eigenvalue weighted by atomic mass is 16.2. The summed E-state index contributed by atoms with van der Waals surface area (Å²) < 4.78 is 0. The molecule has 0 spiro atoms. The first-order valence-electron chi connectivity index (χ1n) is 8.23. The Labute approximate surface area is 132 Å². The summed E-state index contributed by atoms with van der Waals surface area (Å²) >= 11 is 0. The van der Waals surface area contributed by atoms with Gasteiger partial charge >= 0.3 is 0 Å². The third-order valence-corrected chi connectivity index (χ3v) is 4.04. The summed E-state index contributed by atoms with van der Waals surface area (Å²) in [5, 5.41) is 2.85. The van der Waals surface area contributed by atoms with Crippen LogP contribution in [0.2, 0.25) is 0 Å². The molecule has 1 aliphatic rings. The van der Waals surface area contributed by atoms with Crippen LogP contribution in [0.25, 0.3) is 0 Å². The summed E-state index contributed by atoms with van der Waals surface area (Å²) in [6.07, 6.45) is 3.85. The van der Waals surface area contributed by atoms with E-state index in [-0.39, 0.29) is 11.8 Å². The van der Waals surface area contributed by atoms with Crippen LogP contribution in [-0.2, 0) is 4.79 Å². The van der Waals surface area contributed by atoms with Crippen molar-refractivity contribution in [1.82, 2.24) is 10.2 Å². The number of benzene rings is 1. The summed E-state index contributed by atoms with van der Waals surface area (Å²) in [4.78, 5) is 26.3. The number of amides is 2. The second-order valence-corrected chi connectivity index (χ2v) is 6.10. The summed E-state index contributed by atoms with van der Waals surface area (Å²) in [7, 11) is 0. The number of carbonyl (C=O) groups excluding carboxylic acids is 2. The molecular weight excluding hydrogens is 276 g/mol. The van der Waals surface area contributed by atoms with Crippen LogP contribution in [0, 0.1) is 12.8 Å². The normalized spacial score (nSPS) is 13.7. The van der Waals surface area contributed by atoms with Crippen LogP contribution in [0.4, 0.5) is 0 Å².